The van der Waals surface area contributed by atoms with Gasteiger partial charge in [0, 0.05) is 38.3 Å². The summed E-state index contributed by atoms with van der Waals surface area (Å²) in [6.07, 6.45) is 0. The molecular formula is C14H18N6O2. The smallest absolute Gasteiger partial charge is 0.309 e. The number of nitrogens with one attached hydrogen (secondary N) is 2. The van der Waals surface area contributed by atoms with Gasteiger partial charge in [-0.25, -0.2) is 0 Å². The molecule has 3 N–H and O–H groups in total. The number of tetrazole rings is 1. The summed E-state index contributed by atoms with van der Waals surface area (Å²) >= 11 is 0. The van der Waals surface area contributed by atoms with Crippen molar-refractivity contribution < 1.29 is 9.90 Å². The van der Waals surface area contributed by atoms with Crippen LogP contribution in [0.25, 0.3) is 11.4 Å². The van der Waals surface area contributed by atoms with Gasteiger partial charge in [-0.15, -0.1) is 10.2 Å². The van der Waals surface area contributed by atoms with Crippen LogP contribution in [0.1, 0.15) is 5.56 Å². The predicted octanol–water partition coefficient (Wildman–Crippen LogP) is -0.0273. The quantitative estimate of drug-likeness (QED) is 0.728. The number of benzene rings is 1. The molecule has 2 aromatic rings. The van der Waals surface area contributed by atoms with E-state index in [1.54, 1.807) is 0 Å². The number of nitrogens with zero attached hydrogens (tertiary/aromatic N) is 4. The van der Waals surface area contributed by atoms with Crippen molar-refractivity contribution in [2.75, 3.05) is 26.2 Å². The molecule has 0 amide bonds. The van der Waals surface area contributed by atoms with Crippen molar-refractivity contribution in [1.29, 1.82) is 0 Å². The molecule has 2 heterocycles. The minimum Gasteiger partial charge on any atom is -0.481 e. The number of hydrogen-bond donors (Lipinski definition) is 3. The maximum atomic E-state index is 11.2. The van der Waals surface area contributed by atoms with Crippen molar-refractivity contribution >= 4 is 5.97 Å². The zero-order chi connectivity index (χ0) is 15.4. The van der Waals surface area contributed by atoms with E-state index in [0.29, 0.717) is 18.9 Å². The highest BCUT2D eigenvalue weighted by Crippen LogP contribution is 2.16. The van der Waals surface area contributed by atoms with E-state index in [1.807, 2.05) is 24.3 Å². The zero-order valence-electron chi connectivity index (χ0n) is 12.1. The largest absolute Gasteiger partial charge is 0.481 e. The highest BCUT2D eigenvalue weighted by Gasteiger charge is 2.23. The van der Waals surface area contributed by atoms with Crippen LogP contribution in [0.4, 0.5) is 0 Å². The molecule has 3 rings (SSSR count). The first kappa shape index (κ1) is 14.6. The van der Waals surface area contributed by atoms with Gasteiger partial charge in [-0.05, 0) is 10.8 Å². The Morgan fingerprint density at radius 3 is 2.86 bits per heavy atom. The topological polar surface area (TPSA) is 107 Å². The molecule has 1 atom stereocenters. The van der Waals surface area contributed by atoms with Gasteiger partial charge in [-0.3, -0.25) is 9.69 Å². The summed E-state index contributed by atoms with van der Waals surface area (Å²) in [6.45, 7) is 3.48. The molecular weight excluding hydrogens is 284 g/mol. The van der Waals surface area contributed by atoms with Crippen LogP contribution in [-0.4, -0.2) is 62.8 Å². The van der Waals surface area contributed by atoms with Crippen LogP contribution in [0.5, 0.6) is 0 Å². The molecule has 0 aliphatic carbocycles. The van der Waals surface area contributed by atoms with Crippen LogP contribution < -0.4 is 5.32 Å². The maximum absolute atomic E-state index is 11.2. The Morgan fingerprint density at radius 1 is 1.36 bits per heavy atom. The molecule has 0 spiro atoms. The zero-order valence-corrected chi connectivity index (χ0v) is 12.1. The number of aromatic amines is 1. The fourth-order valence-electron chi connectivity index (χ4n) is 2.59. The Bertz CT molecular complexity index is 613. The SMILES string of the molecule is O=C(O)[C@@H]1CNCCN(Cc2ccc(-c3nn[nH]n3)cc2)C1. The molecule has 1 saturated heterocycles. The van der Waals surface area contributed by atoms with Gasteiger partial charge in [0.25, 0.3) is 0 Å². The van der Waals surface area contributed by atoms with Gasteiger partial charge in [0.05, 0.1) is 5.92 Å². The minimum absolute atomic E-state index is 0.360. The highest BCUT2D eigenvalue weighted by molar-refractivity contribution is 5.70. The summed E-state index contributed by atoms with van der Waals surface area (Å²) < 4.78 is 0. The van der Waals surface area contributed by atoms with Gasteiger partial charge in [0.15, 0.2) is 0 Å². The minimum atomic E-state index is -0.744. The van der Waals surface area contributed by atoms with Gasteiger partial charge in [0.1, 0.15) is 0 Å². The lowest BCUT2D eigenvalue weighted by atomic mass is 10.1. The molecule has 1 aliphatic heterocycles. The van der Waals surface area contributed by atoms with Gasteiger partial charge in [0.2, 0.25) is 5.82 Å². The van der Waals surface area contributed by atoms with Crippen LogP contribution in [0.15, 0.2) is 24.3 Å². The molecule has 1 aromatic carbocycles. The van der Waals surface area contributed by atoms with Gasteiger partial charge in [-0.1, -0.05) is 24.3 Å². The number of rotatable bonds is 4. The van der Waals surface area contributed by atoms with Crippen molar-refractivity contribution in [3.63, 3.8) is 0 Å². The summed E-state index contributed by atoms with van der Waals surface area (Å²) in [5, 5.41) is 26.2. The van der Waals surface area contributed by atoms with E-state index in [-0.39, 0.29) is 5.92 Å². The van der Waals surface area contributed by atoms with Gasteiger partial charge < -0.3 is 10.4 Å². The van der Waals surface area contributed by atoms with E-state index in [1.165, 1.54) is 0 Å². The average molecular weight is 302 g/mol. The van der Waals surface area contributed by atoms with Crippen molar-refractivity contribution in [2.24, 2.45) is 5.92 Å². The molecule has 1 aromatic heterocycles. The van der Waals surface area contributed by atoms with E-state index in [2.05, 4.69) is 30.8 Å². The summed E-state index contributed by atoms with van der Waals surface area (Å²) in [5.74, 6) is -0.538. The Hall–Kier alpha value is -2.32. The fourth-order valence-corrected chi connectivity index (χ4v) is 2.59. The molecule has 0 radical (unpaired) electrons. The van der Waals surface area contributed by atoms with Gasteiger partial charge >= 0.3 is 5.97 Å². The summed E-state index contributed by atoms with van der Waals surface area (Å²) in [7, 11) is 0. The van der Waals surface area contributed by atoms with Crippen molar-refractivity contribution in [2.45, 2.75) is 6.54 Å². The number of H-pyrrole nitrogens is 1. The molecule has 8 heteroatoms. The third kappa shape index (κ3) is 3.46. The van der Waals surface area contributed by atoms with E-state index >= 15 is 0 Å². The lowest BCUT2D eigenvalue weighted by molar-refractivity contribution is -0.142. The molecule has 0 saturated carbocycles. The third-order valence-electron chi connectivity index (χ3n) is 3.79. The van der Waals surface area contributed by atoms with Crippen molar-refractivity contribution in [3.05, 3.63) is 29.8 Å². The first-order valence-corrected chi connectivity index (χ1v) is 7.21. The van der Waals surface area contributed by atoms with Crippen LogP contribution >= 0.6 is 0 Å². The van der Waals surface area contributed by atoms with Crippen molar-refractivity contribution in [1.82, 2.24) is 30.8 Å². The Kier molecular flexibility index (Phi) is 4.40. The average Bonchev–Trinajstić information content (AvgIpc) is 2.95. The normalized spacial score (nSPS) is 19.7. The molecule has 116 valence electrons. The van der Waals surface area contributed by atoms with Crippen LogP contribution in [0, 0.1) is 5.92 Å². The highest BCUT2D eigenvalue weighted by atomic mass is 16.4. The van der Waals surface area contributed by atoms with E-state index < -0.39 is 5.97 Å². The Labute approximate surface area is 127 Å². The molecule has 1 aliphatic rings. The number of carbonyl (C=O) groups is 1. The first-order chi connectivity index (χ1) is 10.7. The molecule has 1 fully saturated rings. The number of hydrogen-bond acceptors (Lipinski definition) is 6. The number of aliphatic carboxylic acids is 1. The first-order valence-electron chi connectivity index (χ1n) is 7.21. The molecule has 22 heavy (non-hydrogen) atoms. The summed E-state index contributed by atoms with van der Waals surface area (Å²) in [5.41, 5.74) is 2.04. The number of carboxylic acid groups (broad SMARTS) is 1. The van der Waals surface area contributed by atoms with Crippen molar-refractivity contribution in [3.8, 4) is 11.4 Å². The second kappa shape index (κ2) is 6.63. The monoisotopic (exact) mass is 302 g/mol. The number of carboxylic acids is 1. The Balaban J connectivity index is 1.66. The van der Waals surface area contributed by atoms with Crippen LogP contribution in [0.3, 0.4) is 0 Å². The lowest BCUT2D eigenvalue weighted by Gasteiger charge is -2.21. The summed E-state index contributed by atoms with van der Waals surface area (Å²) in [4.78, 5) is 13.4. The molecule has 0 bridgehead atoms. The van der Waals surface area contributed by atoms with E-state index in [9.17, 15) is 9.90 Å². The standard InChI is InChI=1S/C14H18N6O2/c21-14(22)12-7-15-5-6-20(9-12)8-10-1-3-11(4-2-10)13-16-18-19-17-13/h1-4,12,15H,5-9H2,(H,21,22)(H,16,17,18,19)/t12-/m1/s1. The Morgan fingerprint density at radius 2 is 2.18 bits per heavy atom. The third-order valence-corrected chi connectivity index (χ3v) is 3.79. The predicted molar refractivity (Wildman–Crippen MR) is 78.9 cm³/mol. The maximum Gasteiger partial charge on any atom is 0.309 e. The molecule has 8 nitrogen and oxygen atoms in total. The van der Waals surface area contributed by atoms with Gasteiger partial charge in [-0.2, -0.15) is 5.21 Å². The summed E-state index contributed by atoms with van der Waals surface area (Å²) in [6, 6.07) is 7.93. The fraction of sp³-hybridized carbons (Fsp3) is 0.429. The van der Waals surface area contributed by atoms with E-state index in [0.717, 1.165) is 30.8 Å². The van der Waals surface area contributed by atoms with Crippen LogP contribution in [0.2, 0.25) is 0 Å². The van der Waals surface area contributed by atoms with E-state index in [4.69, 9.17) is 0 Å². The molecule has 0 unspecified atom stereocenters. The second-order valence-corrected chi connectivity index (χ2v) is 5.41. The second-order valence-electron chi connectivity index (χ2n) is 5.41. The lowest BCUT2D eigenvalue weighted by Crippen LogP contribution is -2.33. The van der Waals surface area contributed by atoms with Crippen LogP contribution in [-0.2, 0) is 11.3 Å². The number of aromatic nitrogens is 4.